The van der Waals surface area contributed by atoms with Crippen LogP contribution in [0.1, 0.15) is 47.5 Å². The van der Waals surface area contributed by atoms with Gasteiger partial charge in [0.1, 0.15) is 6.61 Å². The van der Waals surface area contributed by atoms with Crippen molar-refractivity contribution in [1.82, 2.24) is 4.90 Å². The van der Waals surface area contributed by atoms with E-state index in [4.69, 9.17) is 4.74 Å². The molecule has 0 aromatic rings. The molecule has 0 aliphatic rings. The van der Waals surface area contributed by atoms with E-state index in [0.717, 1.165) is 12.8 Å². The number of carbonyl (C=O) groups excluding carboxylic acids is 3. The Bertz CT molecular complexity index is 399. The normalized spacial score (nSPS) is 10.8. The molecule has 114 valence electrons. The molecule has 0 saturated carbocycles. The summed E-state index contributed by atoms with van der Waals surface area (Å²) in [4.78, 5) is 36.2. The van der Waals surface area contributed by atoms with Crippen LogP contribution in [0.5, 0.6) is 0 Å². The number of amides is 1. The quantitative estimate of drug-likeness (QED) is 0.389. The molecule has 0 atom stereocenters. The number of Topliss-reactive ketones (excluding diaryl/α,β-unsaturated/α-hetero) is 1. The lowest BCUT2D eigenvalue weighted by Gasteiger charge is -2.37. The molecule has 5 heteroatoms. The van der Waals surface area contributed by atoms with Gasteiger partial charge in [-0.3, -0.25) is 9.59 Å². The van der Waals surface area contributed by atoms with Crippen molar-refractivity contribution in [1.29, 1.82) is 0 Å². The van der Waals surface area contributed by atoms with Crippen molar-refractivity contribution in [3.8, 4) is 0 Å². The van der Waals surface area contributed by atoms with E-state index in [-0.39, 0.29) is 6.61 Å². The molecule has 0 unspecified atom stereocenters. The molecule has 0 aliphatic carbocycles. The molecule has 1 amide bonds. The molecule has 0 bridgehead atoms. The van der Waals surface area contributed by atoms with Crippen LogP contribution in [0.4, 0.5) is 0 Å². The number of hydrogen-bond donors (Lipinski definition) is 0. The van der Waals surface area contributed by atoms with Gasteiger partial charge in [-0.2, -0.15) is 0 Å². The second kappa shape index (κ2) is 7.82. The predicted molar refractivity (Wildman–Crippen MR) is 77.2 cm³/mol. The van der Waals surface area contributed by atoms with Crippen LogP contribution in [0.3, 0.4) is 0 Å². The standard InChI is InChI=1S/C15H25NO4/c1-7-8-9-16(13(18)12(4)17)15(5,6)10-20-14(19)11(2)3/h2,7-10H2,1,3-6H3. The Kier molecular flexibility index (Phi) is 7.18. The summed E-state index contributed by atoms with van der Waals surface area (Å²) in [6, 6.07) is 0. The van der Waals surface area contributed by atoms with Crippen molar-refractivity contribution >= 4 is 17.7 Å². The van der Waals surface area contributed by atoms with E-state index in [2.05, 4.69) is 6.58 Å². The number of ketones is 1. The number of ether oxygens (including phenoxy) is 1. The average molecular weight is 283 g/mol. The summed E-state index contributed by atoms with van der Waals surface area (Å²) in [5.74, 6) is -1.56. The van der Waals surface area contributed by atoms with Crippen LogP contribution in [0.2, 0.25) is 0 Å². The monoisotopic (exact) mass is 283 g/mol. The largest absolute Gasteiger partial charge is 0.460 e. The van der Waals surface area contributed by atoms with Crippen molar-refractivity contribution in [2.45, 2.75) is 53.0 Å². The fourth-order valence-electron chi connectivity index (χ4n) is 1.63. The molecule has 0 aromatic carbocycles. The molecule has 0 N–H and O–H groups in total. The Morgan fingerprint density at radius 1 is 1.20 bits per heavy atom. The van der Waals surface area contributed by atoms with Gasteiger partial charge in [-0.1, -0.05) is 19.9 Å². The van der Waals surface area contributed by atoms with Crippen molar-refractivity contribution in [3.63, 3.8) is 0 Å². The Balaban J connectivity index is 4.92. The van der Waals surface area contributed by atoms with Crippen molar-refractivity contribution in [2.75, 3.05) is 13.2 Å². The van der Waals surface area contributed by atoms with Gasteiger partial charge < -0.3 is 9.64 Å². The van der Waals surface area contributed by atoms with Gasteiger partial charge in [-0.25, -0.2) is 4.79 Å². The summed E-state index contributed by atoms with van der Waals surface area (Å²) >= 11 is 0. The van der Waals surface area contributed by atoms with Crippen LogP contribution in [0.25, 0.3) is 0 Å². The lowest BCUT2D eigenvalue weighted by molar-refractivity contribution is -0.153. The fraction of sp³-hybridized carbons (Fsp3) is 0.667. The second-order valence-electron chi connectivity index (χ2n) is 5.54. The number of esters is 1. The Morgan fingerprint density at radius 3 is 2.15 bits per heavy atom. The third kappa shape index (κ3) is 5.55. The minimum atomic E-state index is -0.733. The number of carbonyl (C=O) groups is 3. The van der Waals surface area contributed by atoms with E-state index < -0.39 is 23.2 Å². The zero-order valence-electron chi connectivity index (χ0n) is 13.1. The molecular formula is C15H25NO4. The summed E-state index contributed by atoms with van der Waals surface area (Å²) < 4.78 is 5.12. The third-order valence-corrected chi connectivity index (χ3v) is 2.92. The first-order chi connectivity index (χ1) is 9.13. The van der Waals surface area contributed by atoms with Crippen LogP contribution >= 0.6 is 0 Å². The van der Waals surface area contributed by atoms with Crippen LogP contribution in [0.15, 0.2) is 12.2 Å². The Labute approximate surface area is 121 Å². The Morgan fingerprint density at radius 2 is 1.75 bits per heavy atom. The van der Waals surface area contributed by atoms with Gasteiger partial charge in [0.05, 0.1) is 5.54 Å². The highest BCUT2D eigenvalue weighted by Gasteiger charge is 2.33. The first-order valence-electron chi connectivity index (χ1n) is 6.78. The van der Waals surface area contributed by atoms with Gasteiger partial charge in [0.15, 0.2) is 0 Å². The van der Waals surface area contributed by atoms with E-state index in [9.17, 15) is 14.4 Å². The maximum absolute atomic E-state index is 12.0. The number of unbranched alkanes of at least 4 members (excludes halogenated alkanes) is 1. The number of nitrogens with zero attached hydrogens (tertiary/aromatic N) is 1. The van der Waals surface area contributed by atoms with Gasteiger partial charge in [-0.05, 0) is 27.2 Å². The molecule has 0 aliphatic heterocycles. The topological polar surface area (TPSA) is 63.7 Å². The molecule has 0 spiro atoms. The van der Waals surface area contributed by atoms with Crippen LogP contribution in [0, 0.1) is 0 Å². The van der Waals surface area contributed by atoms with Gasteiger partial charge >= 0.3 is 5.97 Å². The zero-order chi connectivity index (χ0) is 15.9. The highest BCUT2D eigenvalue weighted by Crippen LogP contribution is 2.17. The first-order valence-corrected chi connectivity index (χ1v) is 6.78. The molecule has 0 fully saturated rings. The molecule has 20 heavy (non-hydrogen) atoms. The summed E-state index contributed by atoms with van der Waals surface area (Å²) in [6.45, 7) is 12.4. The Hall–Kier alpha value is -1.65. The van der Waals surface area contributed by atoms with E-state index in [1.54, 1.807) is 20.8 Å². The zero-order valence-corrected chi connectivity index (χ0v) is 13.1. The lowest BCUT2D eigenvalue weighted by Crippen LogP contribution is -2.53. The first kappa shape index (κ1) is 18.4. The highest BCUT2D eigenvalue weighted by molar-refractivity contribution is 6.35. The van der Waals surface area contributed by atoms with Crippen molar-refractivity contribution in [2.24, 2.45) is 0 Å². The van der Waals surface area contributed by atoms with Crippen LogP contribution < -0.4 is 0 Å². The summed E-state index contributed by atoms with van der Waals surface area (Å²) in [5, 5.41) is 0. The maximum atomic E-state index is 12.0. The van der Waals surface area contributed by atoms with E-state index in [1.807, 2.05) is 6.92 Å². The fourth-order valence-corrected chi connectivity index (χ4v) is 1.63. The molecule has 0 rings (SSSR count). The minimum absolute atomic E-state index is 0.0292. The third-order valence-electron chi connectivity index (χ3n) is 2.92. The number of rotatable bonds is 8. The van der Waals surface area contributed by atoms with Gasteiger partial charge in [0.2, 0.25) is 5.78 Å². The number of hydrogen-bond acceptors (Lipinski definition) is 4. The lowest BCUT2D eigenvalue weighted by atomic mass is 10.0. The molecule has 5 nitrogen and oxygen atoms in total. The van der Waals surface area contributed by atoms with E-state index in [0.29, 0.717) is 12.1 Å². The SMILES string of the molecule is C=C(C)C(=O)OCC(C)(C)N(CCCC)C(=O)C(C)=O. The summed E-state index contributed by atoms with van der Waals surface area (Å²) in [5.41, 5.74) is -0.429. The second-order valence-corrected chi connectivity index (χ2v) is 5.54. The van der Waals surface area contributed by atoms with Crippen molar-refractivity contribution < 1.29 is 19.1 Å². The van der Waals surface area contributed by atoms with E-state index >= 15 is 0 Å². The van der Waals surface area contributed by atoms with Gasteiger partial charge in [0, 0.05) is 19.0 Å². The van der Waals surface area contributed by atoms with Crippen molar-refractivity contribution in [3.05, 3.63) is 12.2 Å². The molecule has 0 saturated heterocycles. The summed E-state index contributed by atoms with van der Waals surface area (Å²) in [6.07, 6.45) is 1.69. The predicted octanol–water partition coefficient (Wildman–Crippen LogP) is 2.10. The average Bonchev–Trinajstić information content (AvgIpc) is 2.35. The molecule has 0 radical (unpaired) electrons. The smallest absolute Gasteiger partial charge is 0.333 e. The van der Waals surface area contributed by atoms with E-state index in [1.165, 1.54) is 11.8 Å². The molecule has 0 aromatic heterocycles. The van der Waals surface area contributed by atoms with Gasteiger partial charge in [0.25, 0.3) is 5.91 Å². The molecule has 0 heterocycles. The van der Waals surface area contributed by atoms with Crippen LogP contribution in [-0.2, 0) is 19.1 Å². The molecular weight excluding hydrogens is 258 g/mol. The van der Waals surface area contributed by atoms with Gasteiger partial charge in [-0.15, -0.1) is 0 Å². The minimum Gasteiger partial charge on any atom is -0.460 e. The highest BCUT2D eigenvalue weighted by atomic mass is 16.5. The maximum Gasteiger partial charge on any atom is 0.333 e. The summed E-state index contributed by atoms with van der Waals surface area (Å²) in [7, 11) is 0. The van der Waals surface area contributed by atoms with Crippen LogP contribution in [-0.4, -0.2) is 41.3 Å².